The first-order valence-electron chi connectivity index (χ1n) is 6.89. The molecule has 3 aromatic rings. The van der Waals surface area contributed by atoms with E-state index in [1.807, 2.05) is 21.0 Å². The van der Waals surface area contributed by atoms with Crippen LogP contribution in [0.1, 0.15) is 5.56 Å². The van der Waals surface area contributed by atoms with Gasteiger partial charge in [-0.3, -0.25) is 0 Å². The number of halogens is 1. The molecule has 0 aliphatic carbocycles. The number of phenolic OH excluding ortho intramolecular Hbond substituents is 1. The Hall–Kier alpha value is -2.14. The highest BCUT2D eigenvalue weighted by molar-refractivity contribution is 6.09. The van der Waals surface area contributed by atoms with Gasteiger partial charge in [0.05, 0.1) is 17.2 Å². The second-order valence-electron chi connectivity index (χ2n) is 5.64. The lowest BCUT2D eigenvalue weighted by Crippen LogP contribution is -2.18. The Bertz CT molecular complexity index is 823. The second kappa shape index (κ2) is 5.00. The van der Waals surface area contributed by atoms with Gasteiger partial charge in [-0.15, -0.1) is 0 Å². The van der Waals surface area contributed by atoms with Crippen molar-refractivity contribution in [2.45, 2.75) is 13.5 Å². The first kappa shape index (κ1) is 13.8. The number of fused-ring (bicyclic) bond motifs is 3. The standard InChI is InChI=1S/C16H18FN3O/c1-10-6-11(21)7-13-16(10)12-8-15(17)18-9-14(12)20(13)5-4-19(2)3/h6-9,21H,4-5H2,1-3H3. The third-order valence-electron chi connectivity index (χ3n) is 3.77. The Balaban J connectivity index is 2.35. The first-order valence-corrected chi connectivity index (χ1v) is 6.89. The van der Waals surface area contributed by atoms with Gasteiger partial charge in [0.25, 0.3) is 0 Å². The highest BCUT2D eigenvalue weighted by atomic mass is 19.1. The molecule has 0 saturated heterocycles. The van der Waals surface area contributed by atoms with Crippen LogP contribution in [0.5, 0.6) is 5.75 Å². The molecule has 0 radical (unpaired) electrons. The molecule has 0 aliphatic heterocycles. The number of pyridine rings is 1. The molecule has 0 amide bonds. The molecule has 2 aromatic heterocycles. The zero-order valence-electron chi connectivity index (χ0n) is 12.4. The van der Waals surface area contributed by atoms with Crippen LogP contribution in [0, 0.1) is 12.9 Å². The van der Waals surface area contributed by atoms with E-state index in [1.54, 1.807) is 18.3 Å². The Morgan fingerprint density at radius 1 is 1.24 bits per heavy atom. The van der Waals surface area contributed by atoms with E-state index in [0.717, 1.165) is 40.5 Å². The minimum Gasteiger partial charge on any atom is -0.508 e. The van der Waals surface area contributed by atoms with Crippen molar-refractivity contribution < 1.29 is 9.50 Å². The summed E-state index contributed by atoms with van der Waals surface area (Å²) in [4.78, 5) is 5.87. The number of hydrogen-bond donors (Lipinski definition) is 1. The number of aromatic hydroxyl groups is 1. The molecule has 21 heavy (non-hydrogen) atoms. The van der Waals surface area contributed by atoms with Crippen LogP contribution in [0.15, 0.2) is 24.4 Å². The van der Waals surface area contributed by atoms with Gasteiger partial charge < -0.3 is 14.6 Å². The summed E-state index contributed by atoms with van der Waals surface area (Å²) in [6.07, 6.45) is 1.57. The van der Waals surface area contributed by atoms with Gasteiger partial charge in [0.1, 0.15) is 5.75 Å². The summed E-state index contributed by atoms with van der Waals surface area (Å²) in [5.41, 5.74) is 2.74. The Morgan fingerprint density at radius 3 is 2.71 bits per heavy atom. The average Bonchev–Trinajstić information content (AvgIpc) is 2.69. The summed E-state index contributed by atoms with van der Waals surface area (Å²) in [6.45, 7) is 3.53. The van der Waals surface area contributed by atoms with Crippen LogP contribution in [0.4, 0.5) is 4.39 Å². The number of phenols is 1. The van der Waals surface area contributed by atoms with Gasteiger partial charge in [-0.2, -0.15) is 4.39 Å². The van der Waals surface area contributed by atoms with E-state index < -0.39 is 5.95 Å². The molecule has 110 valence electrons. The van der Waals surface area contributed by atoms with E-state index in [1.165, 1.54) is 6.07 Å². The van der Waals surface area contributed by atoms with Gasteiger partial charge in [-0.1, -0.05) is 0 Å². The van der Waals surface area contributed by atoms with Gasteiger partial charge >= 0.3 is 0 Å². The molecule has 3 rings (SSSR count). The fourth-order valence-electron chi connectivity index (χ4n) is 2.82. The number of hydrogen-bond acceptors (Lipinski definition) is 3. The summed E-state index contributed by atoms with van der Waals surface area (Å²) in [6, 6.07) is 4.90. The highest BCUT2D eigenvalue weighted by Gasteiger charge is 2.15. The third kappa shape index (κ3) is 2.34. The minimum absolute atomic E-state index is 0.224. The summed E-state index contributed by atoms with van der Waals surface area (Å²) >= 11 is 0. The molecule has 0 fully saturated rings. The summed E-state index contributed by atoms with van der Waals surface area (Å²) < 4.78 is 15.6. The van der Waals surface area contributed by atoms with Crippen molar-refractivity contribution in [1.82, 2.24) is 14.5 Å². The minimum atomic E-state index is -0.485. The van der Waals surface area contributed by atoms with E-state index in [2.05, 4.69) is 14.5 Å². The maximum absolute atomic E-state index is 13.5. The lowest BCUT2D eigenvalue weighted by molar-refractivity contribution is 0.389. The lowest BCUT2D eigenvalue weighted by Gasteiger charge is -2.12. The zero-order chi connectivity index (χ0) is 15.1. The van der Waals surface area contributed by atoms with Gasteiger partial charge in [0.15, 0.2) is 0 Å². The van der Waals surface area contributed by atoms with Gasteiger partial charge in [-0.25, -0.2) is 4.98 Å². The van der Waals surface area contributed by atoms with Crippen molar-refractivity contribution in [3.05, 3.63) is 35.9 Å². The summed E-state index contributed by atoms with van der Waals surface area (Å²) in [5.74, 6) is -0.260. The normalized spacial score (nSPS) is 11.9. The quantitative estimate of drug-likeness (QED) is 0.753. The van der Waals surface area contributed by atoms with E-state index in [-0.39, 0.29) is 5.75 Å². The molecular weight excluding hydrogens is 269 g/mol. The molecule has 2 heterocycles. The third-order valence-corrected chi connectivity index (χ3v) is 3.77. The molecule has 1 aromatic carbocycles. The fourth-order valence-corrected chi connectivity index (χ4v) is 2.82. The van der Waals surface area contributed by atoms with E-state index in [4.69, 9.17) is 0 Å². The maximum Gasteiger partial charge on any atom is 0.213 e. The number of benzene rings is 1. The van der Waals surface area contributed by atoms with Crippen molar-refractivity contribution >= 4 is 21.8 Å². The molecule has 0 aliphatic rings. The molecule has 1 N–H and O–H groups in total. The van der Waals surface area contributed by atoms with Crippen LogP contribution < -0.4 is 0 Å². The van der Waals surface area contributed by atoms with Crippen LogP contribution in [-0.4, -0.2) is 40.2 Å². The molecule has 0 bridgehead atoms. The Kier molecular flexibility index (Phi) is 3.29. The fraction of sp³-hybridized carbons (Fsp3) is 0.312. The molecule has 0 saturated carbocycles. The average molecular weight is 287 g/mol. The zero-order valence-corrected chi connectivity index (χ0v) is 12.4. The highest BCUT2D eigenvalue weighted by Crippen LogP contribution is 2.33. The predicted octanol–water partition coefficient (Wildman–Crippen LogP) is 2.90. The van der Waals surface area contributed by atoms with Crippen molar-refractivity contribution in [2.75, 3.05) is 20.6 Å². The largest absolute Gasteiger partial charge is 0.508 e. The van der Waals surface area contributed by atoms with E-state index in [0.29, 0.717) is 0 Å². The van der Waals surface area contributed by atoms with E-state index >= 15 is 0 Å². The van der Waals surface area contributed by atoms with Gasteiger partial charge in [0, 0.05) is 36.0 Å². The predicted molar refractivity (Wildman–Crippen MR) is 82.2 cm³/mol. The summed E-state index contributed by atoms with van der Waals surface area (Å²) in [5, 5.41) is 11.7. The Morgan fingerprint density at radius 2 is 2.00 bits per heavy atom. The monoisotopic (exact) mass is 287 g/mol. The first-order chi connectivity index (χ1) is 9.97. The molecule has 4 nitrogen and oxygen atoms in total. The smallest absolute Gasteiger partial charge is 0.213 e. The molecule has 0 spiro atoms. The molecule has 0 atom stereocenters. The van der Waals surface area contributed by atoms with Crippen LogP contribution in [0.25, 0.3) is 21.8 Å². The van der Waals surface area contributed by atoms with Crippen molar-refractivity contribution in [2.24, 2.45) is 0 Å². The number of aryl methyl sites for hydroxylation is 1. The number of aromatic nitrogens is 2. The van der Waals surface area contributed by atoms with Crippen molar-refractivity contribution in [3.8, 4) is 5.75 Å². The molecule has 0 unspecified atom stereocenters. The summed E-state index contributed by atoms with van der Waals surface area (Å²) in [7, 11) is 4.02. The maximum atomic E-state index is 13.5. The lowest BCUT2D eigenvalue weighted by atomic mass is 10.1. The van der Waals surface area contributed by atoms with Crippen LogP contribution >= 0.6 is 0 Å². The van der Waals surface area contributed by atoms with Crippen molar-refractivity contribution in [1.29, 1.82) is 0 Å². The van der Waals surface area contributed by atoms with Crippen LogP contribution in [-0.2, 0) is 6.54 Å². The number of likely N-dealkylation sites (N-methyl/N-ethyl adjacent to an activating group) is 1. The molecular formula is C16H18FN3O. The molecule has 5 heteroatoms. The SMILES string of the molecule is Cc1cc(O)cc2c1c1cc(F)ncc1n2CCN(C)C. The van der Waals surface area contributed by atoms with Gasteiger partial charge in [0.2, 0.25) is 5.95 Å². The van der Waals surface area contributed by atoms with Crippen LogP contribution in [0.3, 0.4) is 0 Å². The number of nitrogens with zero attached hydrogens (tertiary/aromatic N) is 3. The number of rotatable bonds is 3. The van der Waals surface area contributed by atoms with E-state index in [9.17, 15) is 9.50 Å². The van der Waals surface area contributed by atoms with Gasteiger partial charge in [-0.05, 0) is 32.6 Å². The topological polar surface area (TPSA) is 41.3 Å². The Labute approximate surface area is 122 Å². The second-order valence-corrected chi connectivity index (χ2v) is 5.64. The van der Waals surface area contributed by atoms with Crippen molar-refractivity contribution in [3.63, 3.8) is 0 Å². The van der Waals surface area contributed by atoms with Crippen LogP contribution in [0.2, 0.25) is 0 Å².